The van der Waals surface area contributed by atoms with Crippen molar-refractivity contribution < 1.29 is 4.74 Å². The number of hydrogen-bond acceptors (Lipinski definition) is 2. The molecule has 0 amide bonds. The molecule has 0 aliphatic carbocycles. The Bertz CT molecular complexity index is 787. The van der Waals surface area contributed by atoms with Gasteiger partial charge in [0.1, 0.15) is 12.4 Å². The van der Waals surface area contributed by atoms with E-state index in [1.807, 2.05) is 41.1 Å². The first-order chi connectivity index (χ1) is 11.1. The Balaban J connectivity index is 1.79. The monoisotopic (exact) mass is 346 g/mol. The lowest BCUT2D eigenvalue weighted by molar-refractivity contribution is 0.300. The van der Waals surface area contributed by atoms with Crippen LogP contribution in [0.4, 0.5) is 0 Å². The summed E-state index contributed by atoms with van der Waals surface area (Å²) in [6, 6.07) is 13.7. The van der Waals surface area contributed by atoms with Gasteiger partial charge in [-0.15, -0.1) is 0 Å². The van der Waals surface area contributed by atoms with Crippen LogP contribution in [0.1, 0.15) is 24.1 Å². The van der Waals surface area contributed by atoms with E-state index in [0.717, 1.165) is 16.9 Å². The minimum absolute atomic E-state index is 0.141. The Kier molecular flexibility index (Phi) is 4.89. The zero-order valence-electron chi connectivity index (χ0n) is 12.6. The SMILES string of the molecule is CC(c1ccccc1OCc1ccc(Cl)c(Cl)c1)n1ccnc1. The van der Waals surface area contributed by atoms with E-state index in [1.165, 1.54) is 0 Å². The van der Waals surface area contributed by atoms with Crippen molar-refractivity contribution in [1.29, 1.82) is 0 Å². The summed E-state index contributed by atoms with van der Waals surface area (Å²) in [4.78, 5) is 4.10. The first kappa shape index (κ1) is 15.9. The van der Waals surface area contributed by atoms with Gasteiger partial charge < -0.3 is 9.30 Å². The predicted octanol–water partition coefficient (Wildman–Crippen LogP) is 5.38. The van der Waals surface area contributed by atoms with Crippen molar-refractivity contribution in [2.45, 2.75) is 19.6 Å². The summed E-state index contributed by atoms with van der Waals surface area (Å²) in [5, 5.41) is 1.08. The lowest BCUT2D eigenvalue weighted by Crippen LogP contribution is -2.07. The van der Waals surface area contributed by atoms with Crippen LogP contribution in [-0.4, -0.2) is 9.55 Å². The summed E-state index contributed by atoms with van der Waals surface area (Å²) in [5.41, 5.74) is 2.08. The largest absolute Gasteiger partial charge is 0.489 e. The predicted molar refractivity (Wildman–Crippen MR) is 93.3 cm³/mol. The Morgan fingerprint density at radius 2 is 1.96 bits per heavy atom. The van der Waals surface area contributed by atoms with Gasteiger partial charge in [-0.1, -0.05) is 47.5 Å². The second kappa shape index (κ2) is 7.07. The minimum atomic E-state index is 0.141. The van der Waals surface area contributed by atoms with Gasteiger partial charge in [-0.2, -0.15) is 0 Å². The molecule has 0 spiro atoms. The molecular weight excluding hydrogens is 331 g/mol. The van der Waals surface area contributed by atoms with Crippen molar-refractivity contribution in [3.63, 3.8) is 0 Å². The van der Waals surface area contributed by atoms with Crippen LogP contribution in [0.2, 0.25) is 10.0 Å². The summed E-state index contributed by atoms with van der Waals surface area (Å²) in [6.45, 7) is 2.55. The second-order valence-electron chi connectivity index (χ2n) is 5.26. The molecule has 3 aromatic rings. The van der Waals surface area contributed by atoms with Crippen molar-refractivity contribution in [2.75, 3.05) is 0 Å². The number of rotatable bonds is 5. The third-order valence-electron chi connectivity index (χ3n) is 3.72. The molecule has 0 bridgehead atoms. The van der Waals surface area contributed by atoms with Gasteiger partial charge in [0, 0.05) is 18.0 Å². The number of para-hydroxylation sites is 1. The van der Waals surface area contributed by atoms with Gasteiger partial charge in [0.05, 0.1) is 22.4 Å². The van der Waals surface area contributed by atoms with E-state index in [1.54, 1.807) is 18.6 Å². The molecule has 0 fully saturated rings. The summed E-state index contributed by atoms with van der Waals surface area (Å²) in [5.74, 6) is 0.847. The molecule has 0 aliphatic heterocycles. The third kappa shape index (κ3) is 3.69. The number of imidazole rings is 1. The summed E-state index contributed by atoms with van der Waals surface area (Å²) < 4.78 is 8.04. The molecule has 118 valence electrons. The fourth-order valence-corrected chi connectivity index (χ4v) is 2.73. The molecule has 0 aliphatic rings. The summed E-state index contributed by atoms with van der Waals surface area (Å²) in [7, 11) is 0. The molecule has 1 atom stereocenters. The first-order valence-corrected chi connectivity index (χ1v) is 8.04. The zero-order valence-corrected chi connectivity index (χ0v) is 14.1. The van der Waals surface area contributed by atoms with E-state index in [4.69, 9.17) is 27.9 Å². The van der Waals surface area contributed by atoms with E-state index in [0.29, 0.717) is 16.7 Å². The summed E-state index contributed by atoms with van der Waals surface area (Å²) >= 11 is 12.0. The quantitative estimate of drug-likeness (QED) is 0.620. The van der Waals surface area contributed by atoms with E-state index in [9.17, 15) is 0 Å². The molecule has 0 radical (unpaired) electrons. The zero-order chi connectivity index (χ0) is 16.2. The van der Waals surface area contributed by atoms with Crippen LogP contribution in [0.15, 0.2) is 61.2 Å². The molecule has 3 rings (SSSR count). The fourth-order valence-electron chi connectivity index (χ4n) is 2.41. The molecule has 1 aromatic heterocycles. The Morgan fingerprint density at radius 3 is 2.70 bits per heavy atom. The average molecular weight is 347 g/mol. The molecule has 2 aromatic carbocycles. The number of ether oxygens (including phenoxy) is 1. The van der Waals surface area contributed by atoms with Crippen LogP contribution in [0, 0.1) is 0 Å². The topological polar surface area (TPSA) is 27.1 Å². The maximum atomic E-state index is 6.05. The van der Waals surface area contributed by atoms with E-state index in [-0.39, 0.29) is 6.04 Å². The Labute approximate surface area is 145 Å². The van der Waals surface area contributed by atoms with Crippen LogP contribution in [-0.2, 0) is 6.61 Å². The van der Waals surface area contributed by atoms with Crippen molar-refractivity contribution >= 4 is 23.2 Å². The van der Waals surface area contributed by atoms with E-state index >= 15 is 0 Å². The lowest BCUT2D eigenvalue weighted by atomic mass is 10.1. The second-order valence-corrected chi connectivity index (χ2v) is 6.08. The van der Waals surface area contributed by atoms with Gasteiger partial charge in [0.15, 0.2) is 0 Å². The van der Waals surface area contributed by atoms with Gasteiger partial charge in [-0.3, -0.25) is 0 Å². The van der Waals surface area contributed by atoms with E-state index < -0.39 is 0 Å². The highest BCUT2D eigenvalue weighted by atomic mass is 35.5. The molecule has 0 saturated carbocycles. The number of benzene rings is 2. The maximum absolute atomic E-state index is 6.05. The van der Waals surface area contributed by atoms with Crippen LogP contribution < -0.4 is 4.74 Å². The highest BCUT2D eigenvalue weighted by Crippen LogP contribution is 2.29. The van der Waals surface area contributed by atoms with Crippen LogP contribution >= 0.6 is 23.2 Å². The molecule has 0 N–H and O–H groups in total. The number of hydrogen-bond donors (Lipinski definition) is 0. The lowest BCUT2D eigenvalue weighted by Gasteiger charge is -2.18. The van der Waals surface area contributed by atoms with Crippen molar-refractivity contribution in [2.24, 2.45) is 0 Å². The van der Waals surface area contributed by atoms with Crippen LogP contribution in [0.5, 0.6) is 5.75 Å². The van der Waals surface area contributed by atoms with Gasteiger partial charge in [-0.25, -0.2) is 4.98 Å². The highest BCUT2D eigenvalue weighted by molar-refractivity contribution is 6.42. The van der Waals surface area contributed by atoms with Gasteiger partial charge in [-0.05, 0) is 30.7 Å². The molecule has 23 heavy (non-hydrogen) atoms. The highest BCUT2D eigenvalue weighted by Gasteiger charge is 2.13. The molecule has 3 nitrogen and oxygen atoms in total. The Morgan fingerprint density at radius 1 is 1.13 bits per heavy atom. The number of aromatic nitrogens is 2. The smallest absolute Gasteiger partial charge is 0.125 e. The molecule has 1 unspecified atom stereocenters. The standard InChI is InChI=1S/C18H16Cl2N2O/c1-13(22-9-8-21-12-22)15-4-2-3-5-18(15)23-11-14-6-7-16(19)17(20)10-14/h2-10,12-13H,11H2,1H3. The maximum Gasteiger partial charge on any atom is 0.125 e. The molecular formula is C18H16Cl2N2O. The van der Waals surface area contributed by atoms with Crippen molar-refractivity contribution in [3.8, 4) is 5.75 Å². The minimum Gasteiger partial charge on any atom is -0.489 e. The fraction of sp³-hybridized carbons (Fsp3) is 0.167. The number of halogens is 2. The third-order valence-corrected chi connectivity index (χ3v) is 4.46. The molecule has 0 saturated heterocycles. The van der Waals surface area contributed by atoms with Crippen LogP contribution in [0.25, 0.3) is 0 Å². The molecule has 5 heteroatoms. The van der Waals surface area contributed by atoms with Gasteiger partial charge in [0.25, 0.3) is 0 Å². The molecule has 1 heterocycles. The van der Waals surface area contributed by atoms with Gasteiger partial charge >= 0.3 is 0 Å². The van der Waals surface area contributed by atoms with Crippen LogP contribution in [0.3, 0.4) is 0 Å². The van der Waals surface area contributed by atoms with Crippen molar-refractivity contribution in [1.82, 2.24) is 9.55 Å². The van der Waals surface area contributed by atoms with E-state index in [2.05, 4.69) is 18.0 Å². The Hall–Kier alpha value is -1.97. The summed E-state index contributed by atoms with van der Waals surface area (Å²) in [6.07, 6.45) is 5.52. The first-order valence-electron chi connectivity index (χ1n) is 7.28. The van der Waals surface area contributed by atoms with Gasteiger partial charge in [0.2, 0.25) is 0 Å². The van der Waals surface area contributed by atoms with Crippen molar-refractivity contribution in [3.05, 3.63) is 82.4 Å². The normalized spacial score (nSPS) is 12.1. The number of nitrogens with zero attached hydrogens (tertiary/aromatic N) is 2. The average Bonchev–Trinajstić information content (AvgIpc) is 3.10.